The van der Waals surface area contributed by atoms with Gasteiger partial charge in [-0.1, -0.05) is 97.1 Å². The SMILES string of the molecule is C=CCO[C@@H]1OC2COC(c3ccccc3)O[C@H]2C(OCc2ccccc2)C1OCc1ccccc1. The van der Waals surface area contributed by atoms with Crippen molar-refractivity contribution in [3.05, 3.63) is 120 Å². The van der Waals surface area contributed by atoms with Gasteiger partial charge < -0.3 is 28.4 Å². The van der Waals surface area contributed by atoms with E-state index in [0.29, 0.717) is 26.4 Å². The molecule has 0 bridgehead atoms. The third-order valence-electron chi connectivity index (χ3n) is 6.30. The molecule has 2 aliphatic heterocycles. The van der Waals surface area contributed by atoms with Gasteiger partial charge in [0.25, 0.3) is 0 Å². The Morgan fingerprint density at radius 3 is 1.92 bits per heavy atom. The van der Waals surface area contributed by atoms with Gasteiger partial charge in [0.1, 0.15) is 24.4 Å². The minimum absolute atomic E-state index is 0.326. The van der Waals surface area contributed by atoms with Gasteiger partial charge in [0.15, 0.2) is 12.6 Å². The Hall–Kier alpha value is -2.84. The summed E-state index contributed by atoms with van der Waals surface area (Å²) in [5.74, 6) is 0. The molecule has 0 aliphatic carbocycles. The smallest absolute Gasteiger partial charge is 0.187 e. The van der Waals surface area contributed by atoms with Crippen LogP contribution in [0, 0.1) is 0 Å². The van der Waals surface area contributed by atoms with E-state index in [4.69, 9.17) is 28.4 Å². The summed E-state index contributed by atoms with van der Waals surface area (Å²) in [6, 6.07) is 30.0. The highest BCUT2D eigenvalue weighted by Gasteiger charge is 2.51. The van der Waals surface area contributed by atoms with Crippen LogP contribution in [-0.2, 0) is 41.6 Å². The Labute approximate surface area is 212 Å². The van der Waals surface area contributed by atoms with Gasteiger partial charge in [0, 0.05) is 5.56 Å². The molecule has 0 saturated carbocycles. The Kier molecular flexibility index (Phi) is 8.56. The molecule has 2 heterocycles. The summed E-state index contributed by atoms with van der Waals surface area (Å²) in [7, 11) is 0. The van der Waals surface area contributed by atoms with Gasteiger partial charge >= 0.3 is 0 Å². The van der Waals surface area contributed by atoms with Crippen molar-refractivity contribution in [2.45, 2.75) is 50.2 Å². The van der Waals surface area contributed by atoms with Crippen LogP contribution in [-0.4, -0.2) is 43.9 Å². The maximum absolute atomic E-state index is 6.54. The normalized spacial score (nSPS) is 27.8. The van der Waals surface area contributed by atoms with Crippen LogP contribution in [0.1, 0.15) is 23.0 Å². The summed E-state index contributed by atoms with van der Waals surface area (Å²) in [5.41, 5.74) is 3.07. The van der Waals surface area contributed by atoms with E-state index in [9.17, 15) is 0 Å². The molecule has 4 unspecified atom stereocenters. The maximum Gasteiger partial charge on any atom is 0.187 e. The van der Waals surface area contributed by atoms with Crippen LogP contribution in [0.2, 0.25) is 0 Å². The predicted molar refractivity (Wildman–Crippen MR) is 135 cm³/mol. The van der Waals surface area contributed by atoms with E-state index in [2.05, 4.69) is 6.58 Å². The Morgan fingerprint density at radius 1 is 0.722 bits per heavy atom. The van der Waals surface area contributed by atoms with E-state index in [-0.39, 0.29) is 6.10 Å². The summed E-state index contributed by atoms with van der Waals surface area (Å²) in [6.07, 6.45) is -1.21. The quantitative estimate of drug-likeness (QED) is 0.366. The van der Waals surface area contributed by atoms with E-state index in [1.807, 2.05) is 91.0 Å². The van der Waals surface area contributed by atoms with Crippen LogP contribution in [0.4, 0.5) is 0 Å². The highest BCUT2D eigenvalue weighted by Crippen LogP contribution is 2.37. The van der Waals surface area contributed by atoms with Crippen molar-refractivity contribution in [3.63, 3.8) is 0 Å². The lowest BCUT2D eigenvalue weighted by molar-refractivity contribution is -0.371. The first-order valence-corrected chi connectivity index (χ1v) is 12.3. The lowest BCUT2D eigenvalue weighted by Gasteiger charge is -2.48. The highest BCUT2D eigenvalue weighted by atomic mass is 16.8. The van der Waals surface area contributed by atoms with Crippen LogP contribution < -0.4 is 0 Å². The van der Waals surface area contributed by atoms with E-state index < -0.39 is 30.9 Å². The molecule has 3 aromatic carbocycles. The lowest BCUT2D eigenvalue weighted by Crippen LogP contribution is -2.63. The summed E-state index contributed by atoms with van der Waals surface area (Å²) in [4.78, 5) is 0. The average Bonchev–Trinajstić information content (AvgIpc) is 2.95. The van der Waals surface area contributed by atoms with Gasteiger partial charge in [-0.2, -0.15) is 0 Å². The van der Waals surface area contributed by atoms with E-state index in [1.165, 1.54) is 0 Å². The van der Waals surface area contributed by atoms with E-state index in [1.54, 1.807) is 6.08 Å². The molecule has 0 aromatic heterocycles. The van der Waals surface area contributed by atoms with Gasteiger partial charge in [-0.05, 0) is 11.1 Å². The number of benzene rings is 3. The number of hydrogen-bond acceptors (Lipinski definition) is 6. The van der Waals surface area contributed by atoms with Crippen LogP contribution in [0.25, 0.3) is 0 Å². The molecule has 36 heavy (non-hydrogen) atoms. The molecule has 188 valence electrons. The molecule has 0 N–H and O–H groups in total. The minimum Gasteiger partial charge on any atom is -0.368 e. The number of ether oxygens (including phenoxy) is 6. The zero-order valence-electron chi connectivity index (χ0n) is 20.2. The van der Waals surface area contributed by atoms with Crippen molar-refractivity contribution in [2.24, 2.45) is 0 Å². The predicted octanol–water partition coefficient (Wildman–Crippen LogP) is 5.20. The molecule has 0 radical (unpaired) electrons. The fourth-order valence-electron chi connectivity index (χ4n) is 4.52. The molecule has 6 atom stereocenters. The number of rotatable bonds is 10. The Balaban J connectivity index is 1.40. The second-order valence-corrected chi connectivity index (χ2v) is 8.86. The van der Waals surface area contributed by atoms with Crippen LogP contribution in [0.5, 0.6) is 0 Å². The molecular weight excluding hydrogens is 456 g/mol. The molecule has 6 heteroatoms. The highest BCUT2D eigenvalue weighted by molar-refractivity contribution is 5.17. The monoisotopic (exact) mass is 488 g/mol. The van der Waals surface area contributed by atoms with Crippen molar-refractivity contribution < 1.29 is 28.4 Å². The Bertz CT molecular complexity index is 1060. The average molecular weight is 489 g/mol. The number of fused-ring (bicyclic) bond motifs is 1. The molecule has 3 aromatic rings. The molecule has 6 nitrogen and oxygen atoms in total. The van der Waals surface area contributed by atoms with Crippen LogP contribution >= 0.6 is 0 Å². The van der Waals surface area contributed by atoms with E-state index in [0.717, 1.165) is 16.7 Å². The number of hydrogen-bond donors (Lipinski definition) is 0. The van der Waals surface area contributed by atoms with Crippen molar-refractivity contribution >= 4 is 0 Å². The van der Waals surface area contributed by atoms with Crippen LogP contribution in [0.3, 0.4) is 0 Å². The molecule has 2 fully saturated rings. The Morgan fingerprint density at radius 2 is 1.31 bits per heavy atom. The molecule has 5 rings (SSSR count). The van der Waals surface area contributed by atoms with Crippen molar-refractivity contribution in [2.75, 3.05) is 13.2 Å². The summed E-state index contributed by atoms with van der Waals surface area (Å²) in [5, 5.41) is 0. The zero-order chi connectivity index (χ0) is 24.6. The fraction of sp³-hybridized carbons (Fsp3) is 0.333. The summed E-state index contributed by atoms with van der Waals surface area (Å²) < 4.78 is 37.9. The van der Waals surface area contributed by atoms with Crippen LogP contribution in [0.15, 0.2) is 104 Å². The maximum atomic E-state index is 6.54. The topological polar surface area (TPSA) is 55.4 Å². The second kappa shape index (κ2) is 12.4. The molecule has 0 spiro atoms. The van der Waals surface area contributed by atoms with Gasteiger partial charge in [0.2, 0.25) is 0 Å². The zero-order valence-corrected chi connectivity index (χ0v) is 20.2. The van der Waals surface area contributed by atoms with Gasteiger partial charge in [-0.15, -0.1) is 6.58 Å². The van der Waals surface area contributed by atoms with Gasteiger partial charge in [0.05, 0.1) is 26.4 Å². The molecular formula is C30H32O6. The first-order valence-electron chi connectivity index (χ1n) is 12.3. The molecule has 2 aliphatic rings. The third-order valence-corrected chi connectivity index (χ3v) is 6.30. The minimum atomic E-state index is -0.658. The molecule has 2 saturated heterocycles. The van der Waals surface area contributed by atoms with Gasteiger partial charge in [-0.3, -0.25) is 0 Å². The molecule has 0 amide bonds. The summed E-state index contributed by atoms with van der Waals surface area (Å²) in [6.45, 7) is 5.27. The largest absolute Gasteiger partial charge is 0.368 e. The standard InChI is InChI=1S/C30H32O6/c1-2-18-31-30-28(33-20-23-14-8-4-9-15-23)27(32-19-22-12-6-3-7-13-22)26-25(35-30)21-34-29(36-26)24-16-10-5-11-17-24/h2-17,25-30H,1,18-21H2/t25?,26-,27?,28?,29?,30-/m1/s1. The van der Waals surface area contributed by atoms with Crippen molar-refractivity contribution in [1.82, 2.24) is 0 Å². The third kappa shape index (κ3) is 6.10. The first kappa shape index (κ1) is 24.8. The summed E-state index contributed by atoms with van der Waals surface area (Å²) >= 11 is 0. The second-order valence-electron chi connectivity index (χ2n) is 8.86. The fourth-order valence-corrected chi connectivity index (χ4v) is 4.52. The first-order chi connectivity index (χ1) is 17.8. The van der Waals surface area contributed by atoms with E-state index >= 15 is 0 Å². The van der Waals surface area contributed by atoms with Crippen molar-refractivity contribution in [3.8, 4) is 0 Å². The van der Waals surface area contributed by atoms with Crippen molar-refractivity contribution in [1.29, 1.82) is 0 Å². The lowest BCUT2D eigenvalue weighted by atomic mass is 9.97. The van der Waals surface area contributed by atoms with Gasteiger partial charge in [-0.25, -0.2) is 0 Å².